The summed E-state index contributed by atoms with van der Waals surface area (Å²) in [6, 6.07) is 4.26. The number of carbonyl (C=O) groups is 1. The third-order valence-electron chi connectivity index (χ3n) is 2.33. The number of ketones is 1. The van der Waals surface area contributed by atoms with Gasteiger partial charge in [0.1, 0.15) is 0 Å². The van der Waals surface area contributed by atoms with Crippen LogP contribution in [0.2, 0.25) is 4.34 Å². The smallest absolute Gasteiger partial charge is 0.332 e. The highest BCUT2D eigenvalue weighted by atomic mass is 35.5. The van der Waals surface area contributed by atoms with E-state index in [2.05, 4.69) is 0 Å². The molecule has 2 aromatic rings. The van der Waals surface area contributed by atoms with Crippen molar-refractivity contribution in [3.63, 3.8) is 0 Å². The molecule has 6 nitrogen and oxygen atoms in total. The van der Waals surface area contributed by atoms with Crippen LogP contribution >= 0.6 is 22.9 Å². The number of carbonyl (C=O) groups excluding carboxylic acids is 1. The van der Waals surface area contributed by atoms with E-state index in [1.54, 1.807) is 12.1 Å². The van der Waals surface area contributed by atoms with Gasteiger partial charge in [-0.05, 0) is 12.1 Å². The number of hydrogen-bond donors (Lipinski definition) is 0. The van der Waals surface area contributed by atoms with Gasteiger partial charge in [0.05, 0.1) is 26.9 Å². The van der Waals surface area contributed by atoms with Crippen LogP contribution in [0.25, 0.3) is 0 Å². The van der Waals surface area contributed by atoms with Gasteiger partial charge >= 0.3 is 5.69 Å². The van der Waals surface area contributed by atoms with E-state index in [1.807, 2.05) is 0 Å². The minimum Gasteiger partial charge on any atom is -0.340 e. The topological polar surface area (TPSA) is 82.2 Å². The number of hydrogen-bond acceptors (Lipinski definition) is 5. The highest BCUT2D eigenvalue weighted by molar-refractivity contribution is 7.18. The van der Waals surface area contributed by atoms with Crippen LogP contribution in [0.3, 0.4) is 0 Å². The lowest BCUT2D eigenvalue weighted by Crippen LogP contribution is -2.14. The summed E-state index contributed by atoms with van der Waals surface area (Å²) in [5, 5.41) is 10.6. The molecule has 0 aliphatic rings. The number of rotatable bonds is 4. The van der Waals surface area contributed by atoms with Gasteiger partial charge in [0.2, 0.25) is 0 Å². The lowest BCUT2D eigenvalue weighted by molar-refractivity contribution is -0.386. The van der Waals surface area contributed by atoms with E-state index in [0.29, 0.717) is 9.21 Å². The largest absolute Gasteiger partial charge is 0.340 e. The van der Waals surface area contributed by atoms with Gasteiger partial charge in [-0.15, -0.1) is 11.3 Å². The molecule has 2 rings (SSSR count). The first-order valence-corrected chi connectivity index (χ1v) is 6.30. The molecule has 0 fully saturated rings. The molecule has 0 saturated heterocycles. The third kappa shape index (κ3) is 3.07. The summed E-state index contributed by atoms with van der Waals surface area (Å²) in [6.45, 7) is -0.0854. The van der Waals surface area contributed by atoms with Crippen LogP contribution in [0.1, 0.15) is 9.67 Å². The van der Waals surface area contributed by atoms with Crippen molar-refractivity contribution >= 4 is 34.4 Å². The molecule has 0 N–H and O–H groups in total. The molecule has 2 aromatic heterocycles. The Bertz CT molecular complexity index is 707. The van der Waals surface area contributed by atoms with Crippen molar-refractivity contribution in [2.24, 2.45) is 0 Å². The monoisotopic (exact) mass is 298 g/mol. The van der Waals surface area contributed by atoms with Gasteiger partial charge in [0, 0.05) is 12.3 Å². The van der Waals surface area contributed by atoms with Crippen molar-refractivity contribution in [3.05, 3.63) is 60.1 Å². The van der Waals surface area contributed by atoms with Gasteiger partial charge < -0.3 is 4.57 Å². The molecule has 0 aliphatic heterocycles. The molecule has 0 aromatic carbocycles. The van der Waals surface area contributed by atoms with Gasteiger partial charge in [0.15, 0.2) is 5.78 Å². The molecule has 8 heteroatoms. The molecule has 0 atom stereocenters. The predicted molar refractivity (Wildman–Crippen MR) is 71.0 cm³/mol. The number of aromatic nitrogens is 1. The lowest BCUT2D eigenvalue weighted by Gasteiger charge is -2.03. The van der Waals surface area contributed by atoms with Gasteiger partial charge in [-0.1, -0.05) is 11.6 Å². The standard InChI is InChI=1S/C11H7ClN2O4S/c12-11-2-1-10(19-11)9(16)6-13-4-3-8(15)7(5-13)14(17)18/h1-5H,6H2. The summed E-state index contributed by atoms with van der Waals surface area (Å²) in [7, 11) is 0. The zero-order valence-electron chi connectivity index (χ0n) is 9.41. The Morgan fingerprint density at radius 1 is 1.42 bits per heavy atom. The van der Waals surface area contributed by atoms with Crippen molar-refractivity contribution in [2.75, 3.05) is 0 Å². The van der Waals surface area contributed by atoms with Gasteiger partial charge in [0.25, 0.3) is 5.43 Å². The maximum Gasteiger partial charge on any atom is 0.332 e. The highest BCUT2D eigenvalue weighted by Crippen LogP contribution is 2.22. The Kier molecular flexibility index (Phi) is 3.77. The van der Waals surface area contributed by atoms with Crippen LogP contribution < -0.4 is 5.43 Å². The number of nitrogens with zero attached hydrogens (tertiary/aromatic N) is 2. The van der Waals surface area contributed by atoms with E-state index >= 15 is 0 Å². The summed E-state index contributed by atoms with van der Waals surface area (Å²) in [4.78, 5) is 33.4. The quantitative estimate of drug-likeness (QED) is 0.493. The SMILES string of the molecule is O=C(Cn1ccc(=O)c([N+](=O)[O-])c1)c1ccc(Cl)s1. The Balaban J connectivity index is 2.24. The first kappa shape index (κ1) is 13.4. The average molecular weight is 299 g/mol. The second-order valence-corrected chi connectivity index (χ2v) is 5.37. The Morgan fingerprint density at radius 2 is 2.16 bits per heavy atom. The number of halogens is 1. The molecule has 98 valence electrons. The minimum absolute atomic E-state index is 0.0854. The highest BCUT2D eigenvalue weighted by Gasteiger charge is 2.14. The van der Waals surface area contributed by atoms with Crippen molar-refractivity contribution in [1.29, 1.82) is 0 Å². The molecule has 19 heavy (non-hydrogen) atoms. The molecule has 0 amide bonds. The van der Waals surface area contributed by atoms with Crippen molar-refractivity contribution < 1.29 is 9.72 Å². The van der Waals surface area contributed by atoms with Gasteiger partial charge in [-0.25, -0.2) is 0 Å². The van der Waals surface area contributed by atoms with E-state index in [9.17, 15) is 19.7 Å². The Hall–Kier alpha value is -1.99. The third-order valence-corrected chi connectivity index (χ3v) is 3.60. The molecule has 0 spiro atoms. The molecular formula is C11H7ClN2O4S. The van der Waals surface area contributed by atoms with Crippen molar-refractivity contribution in [3.8, 4) is 0 Å². The first-order chi connectivity index (χ1) is 8.97. The summed E-state index contributed by atoms with van der Waals surface area (Å²) < 4.78 is 1.80. The molecule has 0 bridgehead atoms. The normalized spacial score (nSPS) is 10.4. The minimum atomic E-state index is -0.773. The Labute approximate surface area is 116 Å². The Morgan fingerprint density at radius 3 is 2.74 bits per heavy atom. The predicted octanol–water partition coefficient (Wildman–Crippen LogP) is 2.35. The summed E-state index contributed by atoms with van der Waals surface area (Å²) >= 11 is 6.86. The summed E-state index contributed by atoms with van der Waals surface area (Å²) in [6.07, 6.45) is 2.39. The zero-order chi connectivity index (χ0) is 14.0. The maximum absolute atomic E-state index is 11.9. The first-order valence-electron chi connectivity index (χ1n) is 5.10. The van der Waals surface area contributed by atoms with E-state index in [1.165, 1.54) is 10.8 Å². The van der Waals surface area contributed by atoms with E-state index in [0.717, 1.165) is 23.6 Å². The summed E-state index contributed by atoms with van der Waals surface area (Å²) in [5.41, 5.74) is -1.24. The van der Waals surface area contributed by atoms with E-state index < -0.39 is 16.0 Å². The number of nitro groups is 1. The molecule has 0 radical (unpaired) electrons. The molecule has 2 heterocycles. The van der Waals surface area contributed by atoms with Crippen LogP contribution in [0.4, 0.5) is 5.69 Å². The fourth-order valence-corrected chi connectivity index (χ4v) is 2.43. The fraction of sp³-hybridized carbons (Fsp3) is 0.0909. The maximum atomic E-state index is 11.9. The molecule has 0 aliphatic carbocycles. The number of thiophene rings is 1. The molecule has 0 saturated carbocycles. The lowest BCUT2D eigenvalue weighted by atomic mass is 10.3. The molecule has 0 unspecified atom stereocenters. The molecular weight excluding hydrogens is 292 g/mol. The second-order valence-electron chi connectivity index (χ2n) is 3.65. The fourth-order valence-electron chi connectivity index (χ4n) is 1.46. The zero-order valence-corrected chi connectivity index (χ0v) is 11.0. The van der Waals surface area contributed by atoms with Crippen LogP contribution in [-0.2, 0) is 6.54 Å². The number of pyridine rings is 1. The van der Waals surface area contributed by atoms with Crippen LogP contribution in [0.5, 0.6) is 0 Å². The second kappa shape index (κ2) is 5.33. The number of Topliss-reactive ketones (excluding diaryl/α,β-unsaturated/α-hetero) is 1. The van der Waals surface area contributed by atoms with Crippen LogP contribution in [0.15, 0.2) is 35.4 Å². The van der Waals surface area contributed by atoms with Gasteiger partial charge in [-0.3, -0.25) is 19.7 Å². The van der Waals surface area contributed by atoms with Crippen LogP contribution in [0, 0.1) is 10.1 Å². The van der Waals surface area contributed by atoms with E-state index in [-0.39, 0.29) is 12.3 Å². The van der Waals surface area contributed by atoms with Crippen molar-refractivity contribution in [1.82, 2.24) is 4.57 Å². The average Bonchev–Trinajstić information content (AvgIpc) is 2.78. The van der Waals surface area contributed by atoms with Crippen LogP contribution in [-0.4, -0.2) is 15.3 Å². The van der Waals surface area contributed by atoms with Gasteiger partial charge in [-0.2, -0.15) is 0 Å². The van der Waals surface area contributed by atoms with Crippen molar-refractivity contribution in [2.45, 2.75) is 6.54 Å². The summed E-state index contributed by atoms with van der Waals surface area (Å²) in [5.74, 6) is -0.227. The van der Waals surface area contributed by atoms with E-state index in [4.69, 9.17) is 11.6 Å².